The van der Waals surface area contributed by atoms with Gasteiger partial charge in [0, 0.05) is 35.9 Å². The van der Waals surface area contributed by atoms with E-state index in [-0.39, 0.29) is 5.91 Å². The van der Waals surface area contributed by atoms with Gasteiger partial charge in [0.15, 0.2) is 0 Å². The fraction of sp³-hybridized carbons (Fsp3) is 0.190. The Kier molecular flexibility index (Phi) is 5.07. The summed E-state index contributed by atoms with van der Waals surface area (Å²) in [6, 6.07) is 8.27. The Bertz CT molecular complexity index is 1110. The molecule has 0 saturated carbocycles. The van der Waals surface area contributed by atoms with E-state index >= 15 is 0 Å². The van der Waals surface area contributed by atoms with Gasteiger partial charge in [0.1, 0.15) is 17.3 Å². The monoisotopic (exact) mass is 411 g/mol. The van der Waals surface area contributed by atoms with E-state index in [4.69, 9.17) is 16.7 Å². The van der Waals surface area contributed by atoms with Crippen LogP contribution in [0, 0.1) is 5.82 Å². The number of halogens is 2. The number of hydrogen-bond acceptors (Lipinski definition) is 4. The van der Waals surface area contributed by atoms with E-state index in [1.807, 2.05) is 16.8 Å². The molecule has 1 aliphatic heterocycles. The smallest absolute Gasteiger partial charge is 0.246 e. The molecule has 3 heterocycles. The van der Waals surface area contributed by atoms with Crippen LogP contribution in [0.5, 0.6) is 0 Å². The second kappa shape index (κ2) is 7.67. The summed E-state index contributed by atoms with van der Waals surface area (Å²) >= 11 is 5.94. The van der Waals surface area contributed by atoms with Crippen LogP contribution in [0.25, 0.3) is 22.4 Å². The first-order valence-corrected chi connectivity index (χ1v) is 9.50. The van der Waals surface area contributed by atoms with Crippen molar-refractivity contribution in [3.05, 3.63) is 65.7 Å². The van der Waals surface area contributed by atoms with E-state index in [9.17, 15) is 9.18 Å². The summed E-state index contributed by atoms with van der Waals surface area (Å²) < 4.78 is 16.6. The van der Waals surface area contributed by atoms with Gasteiger partial charge in [0.2, 0.25) is 5.91 Å². The highest BCUT2D eigenvalue weighted by Crippen LogP contribution is 2.38. The number of carbonyl (C=O) groups excluding carboxylic acids is 1. The number of benzene rings is 1. The molecular formula is C21H19ClFN5O. The maximum Gasteiger partial charge on any atom is 0.246 e. The van der Waals surface area contributed by atoms with Crippen LogP contribution in [0.15, 0.2) is 49.2 Å². The molecular weight excluding hydrogens is 393 g/mol. The number of anilines is 1. The molecule has 4 rings (SSSR count). The summed E-state index contributed by atoms with van der Waals surface area (Å²) in [7, 11) is 1.78. The van der Waals surface area contributed by atoms with Crippen molar-refractivity contribution in [1.29, 1.82) is 0 Å². The second-order valence-corrected chi connectivity index (χ2v) is 7.10. The highest BCUT2D eigenvalue weighted by Gasteiger charge is 2.28. The van der Waals surface area contributed by atoms with Crippen LogP contribution in [0.1, 0.15) is 5.69 Å². The lowest BCUT2D eigenvalue weighted by molar-refractivity contribution is -0.127. The van der Waals surface area contributed by atoms with Crippen molar-refractivity contribution in [2.45, 2.75) is 13.1 Å². The number of nitrogens with one attached hydrogen (secondary N) is 1. The molecule has 6 nitrogen and oxygen atoms in total. The average Bonchev–Trinajstić information content (AvgIpc) is 3.11. The predicted octanol–water partition coefficient (Wildman–Crippen LogP) is 3.97. The Morgan fingerprint density at radius 1 is 1.31 bits per heavy atom. The Morgan fingerprint density at radius 3 is 2.86 bits per heavy atom. The van der Waals surface area contributed by atoms with E-state index in [1.54, 1.807) is 30.3 Å². The van der Waals surface area contributed by atoms with Crippen molar-refractivity contribution < 1.29 is 9.18 Å². The molecule has 1 aromatic carbocycles. The van der Waals surface area contributed by atoms with Gasteiger partial charge in [0.05, 0.1) is 18.8 Å². The second-order valence-electron chi connectivity index (χ2n) is 6.66. The largest absolute Gasteiger partial charge is 0.373 e. The Hall–Kier alpha value is -3.19. The normalized spacial score (nSPS) is 13.1. The third-order valence-electron chi connectivity index (χ3n) is 4.96. The zero-order chi connectivity index (χ0) is 20.5. The highest BCUT2D eigenvalue weighted by molar-refractivity contribution is 6.30. The molecule has 0 atom stereocenters. The quantitative estimate of drug-likeness (QED) is 0.660. The molecule has 1 aliphatic rings. The number of fused-ring (bicyclic) bond motifs is 1. The van der Waals surface area contributed by atoms with Crippen LogP contribution in [-0.2, 0) is 17.9 Å². The van der Waals surface area contributed by atoms with E-state index in [0.717, 1.165) is 16.8 Å². The van der Waals surface area contributed by atoms with Crippen molar-refractivity contribution >= 4 is 23.3 Å². The zero-order valence-corrected chi connectivity index (χ0v) is 16.6. The molecule has 0 saturated heterocycles. The molecule has 3 aromatic rings. The van der Waals surface area contributed by atoms with Gasteiger partial charge in [-0.3, -0.25) is 9.48 Å². The van der Waals surface area contributed by atoms with Gasteiger partial charge in [-0.25, -0.2) is 9.37 Å². The van der Waals surface area contributed by atoms with Crippen LogP contribution in [0.4, 0.5) is 10.2 Å². The average molecular weight is 412 g/mol. The summed E-state index contributed by atoms with van der Waals surface area (Å²) in [4.78, 5) is 18.1. The standard InChI is InChI=1S/C21H19ClFN5O/c1-3-19(29)27-8-9-28-17(12-27)20(13-6-7-25-18(10-13)24-2)21(26-28)15-5-4-14(22)11-16(15)23/h3-7,10-11H,1,8-9,12H2,2H3,(H,24,25). The van der Waals surface area contributed by atoms with E-state index < -0.39 is 5.82 Å². The third kappa shape index (κ3) is 3.49. The lowest BCUT2D eigenvalue weighted by Gasteiger charge is -2.27. The molecule has 2 aromatic heterocycles. The molecule has 8 heteroatoms. The summed E-state index contributed by atoms with van der Waals surface area (Å²) in [5.74, 6) is 0.0872. The van der Waals surface area contributed by atoms with Crippen molar-refractivity contribution in [3.8, 4) is 22.4 Å². The Balaban J connectivity index is 1.93. The molecule has 1 amide bonds. The number of aromatic nitrogens is 3. The van der Waals surface area contributed by atoms with E-state index in [0.29, 0.717) is 41.7 Å². The summed E-state index contributed by atoms with van der Waals surface area (Å²) in [6.45, 7) is 4.96. The minimum Gasteiger partial charge on any atom is -0.373 e. The molecule has 148 valence electrons. The first-order chi connectivity index (χ1) is 14.0. The Labute approximate surface area is 172 Å². The van der Waals surface area contributed by atoms with Gasteiger partial charge in [-0.05, 0) is 42.0 Å². The molecule has 0 radical (unpaired) electrons. The minimum atomic E-state index is -0.448. The number of carbonyl (C=O) groups is 1. The number of pyridine rings is 1. The van der Waals surface area contributed by atoms with Gasteiger partial charge in [0.25, 0.3) is 0 Å². The van der Waals surface area contributed by atoms with E-state index in [1.165, 1.54) is 12.1 Å². The maximum absolute atomic E-state index is 14.8. The number of nitrogens with zero attached hydrogens (tertiary/aromatic N) is 4. The van der Waals surface area contributed by atoms with Crippen molar-refractivity contribution in [3.63, 3.8) is 0 Å². The van der Waals surface area contributed by atoms with Crippen LogP contribution < -0.4 is 5.32 Å². The summed E-state index contributed by atoms with van der Waals surface area (Å²) in [5, 5.41) is 8.03. The zero-order valence-electron chi connectivity index (χ0n) is 15.8. The molecule has 0 bridgehead atoms. The fourth-order valence-corrected chi connectivity index (χ4v) is 3.69. The third-order valence-corrected chi connectivity index (χ3v) is 5.19. The summed E-state index contributed by atoms with van der Waals surface area (Å²) in [6.07, 6.45) is 2.99. The first kappa shape index (κ1) is 19.1. The maximum atomic E-state index is 14.8. The van der Waals surface area contributed by atoms with Crippen LogP contribution >= 0.6 is 11.6 Å². The SMILES string of the molecule is C=CC(=O)N1CCn2nc(-c3ccc(Cl)cc3F)c(-c3ccnc(NC)c3)c2C1. The van der Waals surface area contributed by atoms with Gasteiger partial charge in [-0.2, -0.15) is 5.10 Å². The molecule has 29 heavy (non-hydrogen) atoms. The lowest BCUT2D eigenvalue weighted by Crippen LogP contribution is -2.37. The molecule has 1 N–H and O–H groups in total. The minimum absolute atomic E-state index is 0.145. The molecule has 0 aliphatic carbocycles. The summed E-state index contributed by atoms with van der Waals surface area (Å²) in [5.41, 5.74) is 3.31. The van der Waals surface area contributed by atoms with Gasteiger partial charge < -0.3 is 10.2 Å². The predicted molar refractivity (Wildman–Crippen MR) is 111 cm³/mol. The van der Waals surface area contributed by atoms with Crippen LogP contribution in [0.3, 0.4) is 0 Å². The van der Waals surface area contributed by atoms with Crippen LogP contribution in [-0.4, -0.2) is 39.2 Å². The number of hydrogen-bond donors (Lipinski definition) is 1. The van der Waals surface area contributed by atoms with Gasteiger partial charge in [-0.1, -0.05) is 18.2 Å². The highest BCUT2D eigenvalue weighted by atomic mass is 35.5. The van der Waals surface area contributed by atoms with Gasteiger partial charge >= 0.3 is 0 Å². The molecule has 0 spiro atoms. The Morgan fingerprint density at radius 2 is 2.14 bits per heavy atom. The van der Waals surface area contributed by atoms with Crippen molar-refractivity contribution in [2.24, 2.45) is 0 Å². The topological polar surface area (TPSA) is 63.1 Å². The first-order valence-electron chi connectivity index (χ1n) is 9.12. The van der Waals surface area contributed by atoms with Crippen LogP contribution in [0.2, 0.25) is 5.02 Å². The van der Waals surface area contributed by atoms with Crippen molar-refractivity contribution in [1.82, 2.24) is 19.7 Å². The number of rotatable bonds is 4. The van der Waals surface area contributed by atoms with Crippen molar-refractivity contribution in [2.75, 3.05) is 18.9 Å². The number of amides is 1. The molecule has 0 unspecified atom stereocenters. The lowest BCUT2D eigenvalue weighted by atomic mass is 9.98. The van der Waals surface area contributed by atoms with Gasteiger partial charge in [-0.15, -0.1) is 0 Å². The van der Waals surface area contributed by atoms with E-state index in [2.05, 4.69) is 16.9 Å². The fourth-order valence-electron chi connectivity index (χ4n) is 3.53. The molecule has 0 fully saturated rings.